The number of esters is 1. The zero-order valence-corrected chi connectivity index (χ0v) is 18.5. The quantitative estimate of drug-likeness (QED) is 0.403. The highest BCUT2D eigenvalue weighted by Gasteiger charge is 2.21. The molecule has 1 heterocycles. The van der Waals surface area contributed by atoms with E-state index in [1.54, 1.807) is 31.2 Å². The predicted octanol–water partition coefficient (Wildman–Crippen LogP) is 3.74. The van der Waals surface area contributed by atoms with Gasteiger partial charge in [0.25, 0.3) is 0 Å². The van der Waals surface area contributed by atoms with Gasteiger partial charge in [-0.1, -0.05) is 24.3 Å². The van der Waals surface area contributed by atoms with Gasteiger partial charge in [0.05, 0.1) is 11.1 Å². The number of Topliss-reactive ketones (excluding diaryl/α,β-unsaturated/α-hetero) is 1. The first-order chi connectivity index (χ1) is 14.2. The van der Waals surface area contributed by atoms with Crippen LogP contribution in [0.1, 0.15) is 46.0 Å². The lowest BCUT2D eigenvalue weighted by molar-refractivity contribution is -0.118. The molecule has 2 aromatic carbocycles. The summed E-state index contributed by atoms with van der Waals surface area (Å²) in [6.45, 7) is 5.39. The van der Waals surface area contributed by atoms with Crippen molar-refractivity contribution in [2.45, 2.75) is 33.3 Å². The number of nitrogens with zero attached hydrogens (tertiary/aromatic N) is 1. The van der Waals surface area contributed by atoms with Crippen LogP contribution in [0.25, 0.3) is 11.0 Å². The number of benzene rings is 2. The maximum absolute atomic E-state index is 12.6. The molecule has 3 aromatic rings. The van der Waals surface area contributed by atoms with Gasteiger partial charge in [-0.3, -0.25) is 9.59 Å². The van der Waals surface area contributed by atoms with Gasteiger partial charge >= 0.3 is 5.97 Å². The lowest BCUT2D eigenvalue weighted by Crippen LogP contribution is -2.24. The topological polar surface area (TPSA) is 101 Å². The number of ether oxygens (including phenoxy) is 1. The Balaban J connectivity index is 1.65. The lowest BCUT2D eigenvalue weighted by Gasteiger charge is -2.13. The molecule has 0 bridgehead atoms. The molecule has 0 saturated carbocycles. The van der Waals surface area contributed by atoms with Crippen LogP contribution in [-0.4, -0.2) is 40.3 Å². The summed E-state index contributed by atoms with van der Waals surface area (Å²) in [6.07, 6.45) is -0.260. The molecule has 1 atom stereocenters. The molecule has 7 nitrogen and oxygen atoms in total. The van der Waals surface area contributed by atoms with Crippen LogP contribution in [0.5, 0.6) is 0 Å². The number of hydrogen-bond donors (Lipinski definition) is 2. The van der Waals surface area contributed by atoms with Gasteiger partial charge in [-0.05, 0) is 53.9 Å². The number of aryl methyl sites for hydroxylation is 1. The Hall–Kier alpha value is -3.00. The van der Waals surface area contributed by atoms with Crippen LogP contribution < -0.4 is 5.32 Å². The fraction of sp³-hybridized carbons (Fsp3) is 0.273. The summed E-state index contributed by atoms with van der Waals surface area (Å²) in [4.78, 5) is 43.6. The zero-order chi connectivity index (χ0) is 21.8. The fourth-order valence-electron chi connectivity index (χ4n) is 3.05. The van der Waals surface area contributed by atoms with E-state index in [0.29, 0.717) is 34.1 Å². The SMILES string of the molecule is CC(=O)NCCc1ccc(C(=O)C(C)OC(=O)c2cc(Br)c3nc(C)[nH]c3c2)cc1. The molecule has 30 heavy (non-hydrogen) atoms. The number of H-pyrrole nitrogens is 1. The van der Waals surface area contributed by atoms with Crippen LogP contribution in [0.2, 0.25) is 0 Å². The number of fused-ring (bicyclic) bond motifs is 1. The summed E-state index contributed by atoms with van der Waals surface area (Å²) in [5, 5.41) is 2.73. The molecule has 0 aliphatic carbocycles. The number of ketones is 1. The third-order valence-electron chi connectivity index (χ3n) is 4.57. The number of aromatic nitrogens is 2. The Bertz CT molecular complexity index is 1110. The molecule has 0 radical (unpaired) electrons. The first-order valence-electron chi connectivity index (χ1n) is 9.49. The first kappa shape index (κ1) is 21.7. The lowest BCUT2D eigenvalue weighted by atomic mass is 10.0. The van der Waals surface area contributed by atoms with Gasteiger partial charge in [0, 0.05) is 23.5 Å². The van der Waals surface area contributed by atoms with Crippen molar-refractivity contribution in [2.75, 3.05) is 6.54 Å². The van der Waals surface area contributed by atoms with Crippen LogP contribution in [0.3, 0.4) is 0 Å². The second kappa shape index (κ2) is 9.21. The molecule has 156 valence electrons. The highest BCUT2D eigenvalue weighted by atomic mass is 79.9. The van der Waals surface area contributed by atoms with E-state index in [-0.39, 0.29) is 11.7 Å². The number of imidazole rings is 1. The van der Waals surface area contributed by atoms with E-state index in [4.69, 9.17) is 4.74 Å². The van der Waals surface area contributed by atoms with Gasteiger partial charge in [0.1, 0.15) is 11.3 Å². The van der Waals surface area contributed by atoms with Crippen LogP contribution in [0.4, 0.5) is 0 Å². The summed E-state index contributed by atoms with van der Waals surface area (Å²) in [5.74, 6) is -0.210. The highest BCUT2D eigenvalue weighted by Crippen LogP contribution is 2.25. The monoisotopic (exact) mass is 471 g/mol. The summed E-state index contributed by atoms with van der Waals surface area (Å²) in [7, 11) is 0. The Kier molecular flexibility index (Phi) is 6.66. The van der Waals surface area contributed by atoms with Crippen molar-refractivity contribution >= 4 is 44.6 Å². The van der Waals surface area contributed by atoms with Crippen LogP contribution in [0.15, 0.2) is 40.9 Å². The molecule has 1 unspecified atom stereocenters. The maximum atomic E-state index is 12.6. The minimum atomic E-state index is -0.930. The Labute approximate surface area is 182 Å². The number of halogens is 1. The Morgan fingerprint density at radius 2 is 1.87 bits per heavy atom. The van der Waals surface area contributed by atoms with Crippen molar-refractivity contribution < 1.29 is 19.1 Å². The summed E-state index contributed by atoms with van der Waals surface area (Å²) in [5.41, 5.74) is 3.22. The first-order valence-corrected chi connectivity index (χ1v) is 10.3. The minimum absolute atomic E-state index is 0.0775. The predicted molar refractivity (Wildman–Crippen MR) is 117 cm³/mol. The van der Waals surface area contributed by atoms with E-state index in [0.717, 1.165) is 16.9 Å². The van der Waals surface area contributed by atoms with Crippen LogP contribution in [0, 0.1) is 6.92 Å². The Morgan fingerprint density at radius 1 is 1.17 bits per heavy atom. The van der Waals surface area contributed by atoms with E-state index in [9.17, 15) is 14.4 Å². The van der Waals surface area contributed by atoms with Gasteiger partial charge in [-0.2, -0.15) is 0 Å². The number of hydrogen-bond acceptors (Lipinski definition) is 5. The molecule has 3 rings (SSSR count). The molecule has 0 aliphatic rings. The standard InChI is InChI=1S/C22H22BrN3O4/c1-12(21(28)16-6-4-15(5-7-16)8-9-24-14(3)27)30-22(29)17-10-18(23)20-19(11-17)25-13(2)26-20/h4-7,10-12H,8-9H2,1-3H3,(H,24,27)(H,25,26). The second-order valence-electron chi connectivity index (χ2n) is 7.02. The number of carbonyl (C=O) groups excluding carboxylic acids is 3. The van der Waals surface area contributed by atoms with Gasteiger partial charge < -0.3 is 15.0 Å². The summed E-state index contributed by atoms with van der Waals surface area (Å²) < 4.78 is 6.07. The molecule has 8 heteroatoms. The summed E-state index contributed by atoms with van der Waals surface area (Å²) in [6, 6.07) is 10.3. The molecule has 0 spiro atoms. The average molecular weight is 472 g/mol. The molecular weight excluding hydrogens is 450 g/mol. The number of carbonyl (C=O) groups is 3. The zero-order valence-electron chi connectivity index (χ0n) is 16.9. The van der Waals surface area contributed by atoms with E-state index >= 15 is 0 Å². The number of nitrogens with one attached hydrogen (secondary N) is 2. The molecule has 0 fully saturated rings. The highest BCUT2D eigenvalue weighted by molar-refractivity contribution is 9.10. The van der Waals surface area contributed by atoms with Gasteiger partial charge in [-0.15, -0.1) is 0 Å². The minimum Gasteiger partial charge on any atom is -0.451 e. The van der Waals surface area contributed by atoms with Crippen LogP contribution in [-0.2, 0) is 16.0 Å². The van der Waals surface area contributed by atoms with Gasteiger partial charge in [0.15, 0.2) is 6.10 Å². The summed E-state index contributed by atoms with van der Waals surface area (Å²) >= 11 is 3.41. The third-order valence-corrected chi connectivity index (χ3v) is 5.18. The van der Waals surface area contributed by atoms with E-state index in [1.165, 1.54) is 6.92 Å². The molecular formula is C22H22BrN3O4. The van der Waals surface area contributed by atoms with E-state index < -0.39 is 12.1 Å². The van der Waals surface area contributed by atoms with Crippen molar-refractivity contribution in [3.05, 3.63) is 63.4 Å². The second-order valence-corrected chi connectivity index (χ2v) is 7.87. The van der Waals surface area contributed by atoms with Crippen molar-refractivity contribution in [1.82, 2.24) is 15.3 Å². The molecule has 2 N–H and O–H groups in total. The average Bonchev–Trinajstić information content (AvgIpc) is 3.08. The fourth-order valence-corrected chi connectivity index (χ4v) is 3.60. The largest absolute Gasteiger partial charge is 0.451 e. The normalized spacial score (nSPS) is 11.9. The van der Waals surface area contributed by atoms with Crippen molar-refractivity contribution in [2.24, 2.45) is 0 Å². The van der Waals surface area contributed by atoms with Crippen molar-refractivity contribution in [3.8, 4) is 0 Å². The molecule has 1 aromatic heterocycles. The van der Waals surface area contributed by atoms with Crippen molar-refractivity contribution in [1.29, 1.82) is 0 Å². The molecule has 0 aliphatic heterocycles. The number of rotatable bonds is 7. The maximum Gasteiger partial charge on any atom is 0.338 e. The van der Waals surface area contributed by atoms with Gasteiger partial charge in [-0.25, -0.2) is 9.78 Å². The van der Waals surface area contributed by atoms with E-state index in [2.05, 4.69) is 31.2 Å². The molecule has 1 amide bonds. The third kappa shape index (κ3) is 5.13. The number of aromatic amines is 1. The van der Waals surface area contributed by atoms with E-state index in [1.807, 2.05) is 19.1 Å². The van der Waals surface area contributed by atoms with Crippen LogP contribution >= 0.6 is 15.9 Å². The Morgan fingerprint density at radius 3 is 2.53 bits per heavy atom. The van der Waals surface area contributed by atoms with Crippen molar-refractivity contribution in [3.63, 3.8) is 0 Å². The number of amides is 1. The molecule has 0 saturated heterocycles. The van der Waals surface area contributed by atoms with Gasteiger partial charge in [0.2, 0.25) is 11.7 Å². The smallest absolute Gasteiger partial charge is 0.338 e.